The summed E-state index contributed by atoms with van der Waals surface area (Å²) >= 11 is 0. The molecular formula is C11H15F3N2. The van der Waals surface area contributed by atoms with Gasteiger partial charge in [-0.1, -0.05) is 6.07 Å². The summed E-state index contributed by atoms with van der Waals surface area (Å²) in [4.78, 5) is 0. The molecule has 0 saturated carbocycles. The van der Waals surface area contributed by atoms with E-state index in [-0.39, 0.29) is 11.6 Å². The number of nitrogens with one attached hydrogen (secondary N) is 1. The van der Waals surface area contributed by atoms with Gasteiger partial charge in [-0.3, -0.25) is 0 Å². The van der Waals surface area contributed by atoms with Crippen LogP contribution in [0.2, 0.25) is 0 Å². The minimum absolute atomic E-state index is 0.0520. The lowest BCUT2D eigenvalue weighted by Gasteiger charge is -2.16. The fourth-order valence-electron chi connectivity index (χ4n) is 1.36. The van der Waals surface area contributed by atoms with Gasteiger partial charge in [-0.2, -0.15) is 13.2 Å². The summed E-state index contributed by atoms with van der Waals surface area (Å²) in [6.07, 6.45) is -4.31. The first kappa shape index (κ1) is 12.8. The van der Waals surface area contributed by atoms with Crippen LogP contribution in [0.25, 0.3) is 0 Å². The molecule has 0 amide bonds. The largest absolute Gasteiger partial charge is 0.416 e. The molecule has 0 aromatic heterocycles. The molecule has 90 valence electrons. The second kappa shape index (κ2) is 4.74. The van der Waals surface area contributed by atoms with Crippen LogP contribution in [0.5, 0.6) is 0 Å². The molecule has 0 bridgehead atoms. The van der Waals surface area contributed by atoms with Crippen molar-refractivity contribution in [3.63, 3.8) is 0 Å². The summed E-state index contributed by atoms with van der Waals surface area (Å²) in [6.45, 7) is 3.63. The number of hydrogen-bond donors (Lipinski definition) is 2. The zero-order valence-electron chi connectivity index (χ0n) is 9.23. The molecule has 0 radical (unpaired) electrons. The molecule has 1 aromatic rings. The molecule has 0 aliphatic rings. The van der Waals surface area contributed by atoms with E-state index in [0.29, 0.717) is 12.2 Å². The van der Waals surface area contributed by atoms with Gasteiger partial charge in [-0.25, -0.2) is 0 Å². The Labute approximate surface area is 92.6 Å². The van der Waals surface area contributed by atoms with E-state index in [1.54, 1.807) is 6.07 Å². The summed E-state index contributed by atoms with van der Waals surface area (Å²) in [5, 5.41) is 2.91. The van der Waals surface area contributed by atoms with Crippen molar-refractivity contribution >= 4 is 5.69 Å². The van der Waals surface area contributed by atoms with Crippen molar-refractivity contribution in [3.8, 4) is 0 Å². The highest BCUT2D eigenvalue weighted by Crippen LogP contribution is 2.33. The minimum atomic E-state index is -4.31. The number of anilines is 1. The Kier molecular flexibility index (Phi) is 3.80. The van der Waals surface area contributed by atoms with Crippen LogP contribution in [0, 0.1) is 6.92 Å². The Morgan fingerprint density at radius 1 is 1.38 bits per heavy atom. The molecule has 16 heavy (non-hydrogen) atoms. The first-order valence-electron chi connectivity index (χ1n) is 4.99. The van der Waals surface area contributed by atoms with Crippen LogP contribution in [0.1, 0.15) is 18.1 Å². The van der Waals surface area contributed by atoms with Crippen molar-refractivity contribution < 1.29 is 13.2 Å². The maximum Gasteiger partial charge on any atom is 0.416 e. The van der Waals surface area contributed by atoms with Crippen LogP contribution in [-0.4, -0.2) is 12.6 Å². The molecule has 0 heterocycles. The van der Waals surface area contributed by atoms with Gasteiger partial charge in [-0.15, -0.1) is 0 Å². The lowest BCUT2D eigenvalue weighted by Crippen LogP contribution is -2.25. The van der Waals surface area contributed by atoms with Crippen LogP contribution in [-0.2, 0) is 6.18 Å². The van der Waals surface area contributed by atoms with Crippen LogP contribution in [0.15, 0.2) is 18.2 Å². The Bertz CT molecular complexity index is 361. The van der Waals surface area contributed by atoms with Crippen LogP contribution in [0.3, 0.4) is 0 Å². The summed E-state index contributed by atoms with van der Waals surface area (Å²) in [6, 6.07) is 4.14. The maximum atomic E-state index is 12.6. The molecule has 0 spiro atoms. The van der Waals surface area contributed by atoms with Crippen LogP contribution in [0.4, 0.5) is 18.9 Å². The summed E-state index contributed by atoms with van der Waals surface area (Å²) in [5.74, 6) is 0. The zero-order valence-corrected chi connectivity index (χ0v) is 9.23. The molecular weight excluding hydrogens is 217 g/mol. The van der Waals surface area contributed by atoms with Crippen molar-refractivity contribution in [2.45, 2.75) is 26.1 Å². The van der Waals surface area contributed by atoms with Gasteiger partial charge in [0.05, 0.1) is 5.56 Å². The normalized spacial score (nSPS) is 13.6. The standard InChI is InChI=1S/C11H15F3N2/c1-7-3-4-9(16-8(2)6-15)5-10(7)11(12,13)14/h3-5,8,16H,6,15H2,1-2H3. The second-order valence-corrected chi connectivity index (χ2v) is 3.81. The topological polar surface area (TPSA) is 38.0 Å². The van der Waals surface area contributed by atoms with Gasteiger partial charge >= 0.3 is 6.18 Å². The number of rotatable bonds is 3. The van der Waals surface area contributed by atoms with Gasteiger partial charge in [0, 0.05) is 18.3 Å². The molecule has 2 nitrogen and oxygen atoms in total. The highest BCUT2D eigenvalue weighted by atomic mass is 19.4. The average Bonchev–Trinajstić information content (AvgIpc) is 2.19. The third-order valence-corrected chi connectivity index (χ3v) is 2.31. The third-order valence-electron chi connectivity index (χ3n) is 2.31. The van der Waals surface area contributed by atoms with Crippen molar-refractivity contribution in [1.29, 1.82) is 0 Å². The van der Waals surface area contributed by atoms with Gasteiger partial charge in [0.25, 0.3) is 0 Å². The minimum Gasteiger partial charge on any atom is -0.381 e. The van der Waals surface area contributed by atoms with Gasteiger partial charge in [0.15, 0.2) is 0 Å². The molecule has 3 N–H and O–H groups in total. The summed E-state index contributed by atoms with van der Waals surface area (Å²) in [5.41, 5.74) is 5.44. The SMILES string of the molecule is Cc1ccc(NC(C)CN)cc1C(F)(F)F. The van der Waals surface area contributed by atoms with Gasteiger partial charge in [-0.05, 0) is 31.5 Å². The Hall–Kier alpha value is -1.23. The van der Waals surface area contributed by atoms with Crippen LogP contribution >= 0.6 is 0 Å². The fraction of sp³-hybridized carbons (Fsp3) is 0.455. The molecule has 1 aromatic carbocycles. The van der Waals surface area contributed by atoms with E-state index in [0.717, 1.165) is 6.07 Å². The lowest BCUT2D eigenvalue weighted by molar-refractivity contribution is -0.138. The van der Waals surface area contributed by atoms with Gasteiger partial charge in [0.2, 0.25) is 0 Å². The smallest absolute Gasteiger partial charge is 0.381 e. The van der Waals surface area contributed by atoms with Crippen LogP contribution < -0.4 is 11.1 Å². The second-order valence-electron chi connectivity index (χ2n) is 3.81. The van der Waals surface area contributed by atoms with Crippen molar-refractivity contribution in [3.05, 3.63) is 29.3 Å². The lowest BCUT2D eigenvalue weighted by atomic mass is 10.1. The average molecular weight is 232 g/mol. The van der Waals surface area contributed by atoms with E-state index >= 15 is 0 Å². The first-order chi connectivity index (χ1) is 7.34. The van der Waals surface area contributed by atoms with E-state index in [2.05, 4.69) is 5.32 Å². The zero-order chi connectivity index (χ0) is 12.3. The number of hydrogen-bond acceptors (Lipinski definition) is 2. The number of nitrogens with two attached hydrogens (primary N) is 1. The van der Waals surface area contributed by atoms with Crippen molar-refractivity contribution in [1.82, 2.24) is 0 Å². The predicted octanol–water partition coefficient (Wildman–Crippen LogP) is 2.77. The number of benzene rings is 1. The van der Waals surface area contributed by atoms with E-state index in [1.807, 2.05) is 6.92 Å². The Morgan fingerprint density at radius 2 is 2.00 bits per heavy atom. The van der Waals surface area contributed by atoms with E-state index in [9.17, 15) is 13.2 Å². The quantitative estimate of drug-likeness (QED) is 0.841. The fourth-order valence-corrected chi connectivity index (χ4v) is 1.36. The summed E-state index contributed by atoms with van der Waals surface area (Å²) < 4.78 is 37.8. The molecule has 0 aliphatic carbocycles. The van der Waals surface area contributed by atoms with E-state index in [4.69, 9.17) is 5.73 Å². The molecule has 1 atom stereocenters. The highest BCUT2D eigenvalue weighted by Gasteiger charge is 2.32. The summed E-state index contributed by atoms with van der Waals surface area (Å²) in [7, 11) is 0. The predicted molar refractivity (Wildman–Crippen MR) is 58.3 cm³/mol. The van der Waals surface area contributed by atoms with Crippen molar-refractivity contribution in [2.24, 2.45) is 5.73 Å². The number of halogens is 3. The first-order valence-corrected chi connectivity index (χ1v) is 4.99. The maximum absolute atomic E-state index is 12.6. The molecule has 0 saturated heterocycles. The highest BCUT2D eigenvalue weighted by molar-refractivity contribution is 5.50. The third kappa shape index (κ3) is 3.13. The van der Waals surface area contributed by atoms with E-state index < -0.39 is 11.7 Å². The van der Waals surface area contributed by atoms with Gasteiger partial charge < -0.3 is 11.1 Å². The number of alkyl halides is 3. The molecule has 1 rings (SSSR count). The molecule has 0 aliphatic heterocycles. The van der Waals surface area contributed by atoms with E-state index in [1.165, 1.54) is 13.0 Å². The monoisotopic (exact) mass is 232 g/mol. The number of aryl methyl sites for hydroxylation is 1. The van der Waals surface area contributed by atoms with Gasteiger partial charge in [0.1, 0.15) is 0 Å². The Balaban J connectivity index is 2.99. The molecule has 5 heteroatoms. The molecule has 0 fully saturated rings. The Morgan fingerprint density at radius 3 is 2.50 bits per heavy atom. The van der Waals surface area contributed by atoms with Crippen molar-refractivity contribution in [2.75, 3.05) is 11.9 Å². The molecule has 1 unspecified atom stereocenters.